The van der Waals surface area contributed by atoms with E-state index in [1.807, 2.05) is 23.1 Å². The Bertz CT molecular complexity index is 961. The van der Waals surface area contributed by atoms with Gasteiger partial charge in [0, 0.05) is 76.2 Å². The number of hydrogen-bond acceptors (Lipinski definition) is 5. The number of aromatic nitrogens is 1. The second-order valence-electron chi connectivity index (χ2n) is 8.91. The SMILES string of the molecule is O=C1CCN(C(=O)c2cccnc2)CCCC(C(=O)N2CCN(c3ccccc3)CC2)CCN1. The molecule has 180 valence electrons. The molecule has 1 atom stereocenters. The highest BCUT2D eigenvalue weighted by atomic mass is 16.2. The van der Waals surface area contributed by atoms with Gasteiger partial charge in [0.15, 0.2) is 0 Å². The van der Waals surface area contributed by atoms with Crippen LogP contribution in [-0.4, -0.2) is 78.3 Å². The molecule has 34 heavy (non-hydrogen) atoms. The molecule has 2 saturated heterocycles. The van der Waals surface area contributed by atoms with Crippen LogP contribution in [0.1, 0.15) is 36.0 Å². The number of carbonyl (C=O) groups is 3. The molecule has 4 rings (SSSR count). The molecule has 1 N–H and O–H groups in total. The van der Waals surface area contributed by atoms with Crippen molar-refractivity contribution in [2.75, 3.05) is 50.7 Å². The summed E-state index contributed by atoms with van der Waals surface area (Å²) in [6.45, 7) is 4.38. The van der Waals surface area contributed by atoms with Crippen molar-refractivity contribution in [3.63, 3.8) is 0 Å². The van der Waals surface area contributed by atoms with Gasteiger partial charge < -0.3 is 20.0 Å². The number of rotatable bonds is 3. The van der Waals surface area contributed by atoms with Gasteiger partial charge in [0.2, 0.25) is 11.8 Å². The van der Waals surface area contributed by atoms with Crippen LogP contribution in [0.4, 0.5) is 5.69 Å². The molecular weight excluding hydrogens is 430 g/mol. The smallest absolute Gasteiger partial charge is 0.255 e. The highest BCUT2D eigenvalue weighted by Gasteiger charge is 2.28. The topological polar surface area (TPSA) is 85.8 Å². The van der Waals surface area contributed by atoms with E-state index in [0.717, 1.165) is 19.5 Å². The van der Waals surface area contributed by atoms with E-state index in [1.54, 1.807) is 29.4 Å². The average molecular weight is 464 g/mol. The summed E-state index contributed by atoms with van der Waals surface area (Å²) in [5, 5.41) is 2.93. The third-order valence-corrected chi connectivity index (χ3v) is 6.66. The number of anilines is 1. The van der Waals surface area contributed by atoms with Crippen LogP contribution in [0.2, 0.25) is 0 Å². The lowest BCUT2D eigenvalue weighted by Crippen LogP contribution is -2.50. The number of nitrogens with one attached hydrogen (secondary N) is 1. The van der Waals surface area contributed by atoms with E-state index in [-0.39, 0.29) is 30.1 Å². The summed E-state index contributed by atoms with van der Waals surface area (Å²) in [6.07, 6.45) is 5.49. The lowest BCUT2D eigenvalue weighted by Gasteiger charge is -2.37. The van der Waals surface area contributed by atoms with Gasteiger partial charge in [0.1, 0.15) is 0 Å². The maximum absolute atomic E-state index is 13.4. The van der Waals surface area contributed by atoms with Crippen LogP contribution < -0.4 is 10.2 Å². The van der Waals surface area contributed by atoms with Gasteiger partial charge in [-0.3, -0.25) is 19.4 Å². The number of carbonyl (C=O) groups excluding carboxylic acids is 3. The molecular formula is C26H33N5O3. The highest BCUT2D eigenvalue weighted by Crippen LogP contribution is 2.20. The summed E-state index contributed by atoms with van der Waals surface area (Å²) < 4.78 is 0. The average Bonchev–Trinajstić information content (AvgIpc) is 2.93. The second kappa shape index (κ2) is 11.6. The Morgan fingerprint density at radius 2 is 1.68 bits per heavy atom. The lowest BCUT2D eigenvalue weighted by molar-refractivity contribution is -0.136. The molecule has 1 aromatic carbocycles. The fourth-order valence-electron chi connectivity index (χ4n) is 4.70. The van der Waals surface area contributed by atoms with Gasteiger partial charge in [-0.2, -0.15) is 0 Å². The highest BCUT2D eigenvalue weighted by molar-refractivity contribution is 5.94. The Labute approximate surface area is 200 Å². The Balaban J connectivity index is 1.36. The first-order valence-corrected chi connectivity index (χ1v) is 12.2. The van der Waals surface area contributed by atoms with Crippen molar-refractivity contribution in [1.82, 2.24) is 20.1 Å². The van der Waals surface area contributed by atoms with Crippen molar-refractivity contribution in [1.29, 1.82) is 0 Å². The van der Waals surface area contributed by atoms with Crippen molar-refractivity contribution in [2.45, 2.75) is 25.7 Å². The summed E-state index contributed by atoms with van der Waals surface area (Å²) in [7, 11) is 0. The zero-order valence-corrected chi connectivity index (χ0v) is 19.6. The van der Waals surface area contributed by atoms with Gasteiger partial charge in [-0.1, -0.05) is 18.2 Å². The summed E-state index contributed by atoms with van der Waals surface area (Å²) in [6, 6.07) is 13.7. The molecule has 1 aromatic heterocycles. The van der Waals surface area contributed by atoms with Crippen LogP contribution in [0.15, 0.2) is 54.9 Å². The molecule has 3 heterocycles. The summed E-state index contributed by atoms with van der Waals surface area (Å²) in [5.41, 5.74) is 1.70. The first kappa shape index (κ1) is 23.7. The molecule has 0 bridgehead atoms. The third-order valence-electron chi connectivity index (χ3n) is 6.66. The third kappa shape index (κ3) is 6.12. The molecule has 2 aliphatic heterocycles. The fraction of sp³-hybridized carbons (Fsp3) is 0.462. The van der Waals surface area contributed by atoms with Gasteiger partial charge in [-0.25, -0.2) is 0 Å². The van der Waals surface area contributed by atoms with E-state index >= 15 is 0 Å². The molecule has 1 unspecified atom stereocenters. The molecule has 2 aliphatic rings. The minimum Gasteiger partial charge on any atom is -0.368 e. The number of piperazine rings is 1. The second-order valence-corrected chi connectivity index (χ2v) is 8.91. The minimum absolute atomic E-state index is 0.0893. The van der Waals surface area contributed by atoms with E-state index in [1.165, 1.54) is 5.69 Å². The largest absolute Gasteiger partial charge is 0.368 e. The molecule has 8 nitrogen and oxygen atoms in total. The van der Waals surface area contributed by atoms with Gasteiger partial charge in [0.25, 0.3) is 5.91 Å². The lowest BCUT2D eigenvalue weighted by atomic mass is 9.96. The van der Waals surface area contributed by atoms with Crippen molar-refractivity contribution in [3.05, 3.63) is 60.4 Å². The van der Waals surface area contributed by atoms with E-state index in [4.69, 9.17) is 0 Å². The van der Waals surface area contributed by atoms with Crippen molar-refractivity contribution in [2.24, 2.45) is 5.92 Å². The fourth-order valence-corrected chi connectivity index (χ4v) is 4.70. The summed E-state index contributed by atoms with van der Waals surface area (Å²) in [5.74, 6) is -0.211. The molecule has 0 radical (unpaired) electrons. The van der Waals surface area contributed by atoms with Crippen LogP contribution in [0, 0.1) is 5.92 Å². The summed E-state index contributed by atoms with van der Waals surface area (Å²) in [4.78, 5) is 48.6. The first-order valence-electron chi connectivity index (χ1n) is 12.2. The molecule has 0 aliphatic carbocycles. The standard InChI is InChI=1S/C26H33N5O3/c32-24-11-15-30(26(34)22-6-4-12-27-20-22)14-5-7-21(10-13-28-24)25(33)31-18-16-29(17-19-31)23-8-2-1-3-9-23/h1-4,6,8-9,12,20-21H,5,7,10-11,13-19H2,(H,28,32). The first-order chi connectivity index (χ1) is 16.6. The van der Waals surface area contributed by atoms with Gasteiger partial charge in [-0.15, -0.1) is 0 Å². The molecule has 0 spiro atoms. The monoisotopic (exact) mass is 463 g/mol. The maximum Gasteiger partial charge on any atom is 0.255 e. The predicted molar refractivity (Wildman–Crippen MR) is 130 cm³/mol. The number of para-hydroxylation sites is 1. The zero-order chi connectivity index (χ0) is 23.8. The molecule has 8 heteroatoms. The Morgan fingerprint density at radius 1 is 0.882 bits per heavy atom. The molecule has 2 aromatic rings. The van der Waals surface area contributed by atoms with Crippen LogP contribution >= 0.6 is 0 Å². The van der Waals surface area contributed by atoms with Crippen molar-refractivity contribution >= 4 is 23.4 Å². The van der Waals surface area contributed by atoms with E-state index in [9.17, 15) is 14.4 Å². The molecule has 0 saturated carbocycles. The van der Waals surface area contributed by atoms with E-state index in [2.05, 4.69) is 27.3 Å². The normalized spacial score (nSPS) is 20.3. The minimum atomic E-state index is -0.156. The number of hydrogen-bond donors (Lipinski definition) is 1. The van der Waals surface area contributed by atoms with Crippen LogP contribution in [-0.2, 0) is 9.59 Å². The van der Waals surface area contributed by atoms with Crippen LogP contribution in [0.25, 0.3) is 0 Å². The Hall–Kier alpha value is -3.42. The number of benzene rings is 1. The molecule has 2 fully saturated rings. The van der Waals surface area contributed by atoms with E-state index < -0.39 is 0 Å². The van der Waals surface area contributed by atoms with Gasteiger partial charge in [-0.05, 0) is 43.5 Å². The number of pyridine rings is 1. The zero-order valence-electron chi connectivity index (χ0n) is 19.6. The predicted octanol–water partition coefficient (Wildman–Crippen LogP) is 2.18. The number of nitrogens with zero attached hydrogens (tertiary/aromatic N) is 4. The van der Waals surface area contributed by atoms with Crippen LogP contribution in [0.5, 0.6) is 0 Å². The number of amides is 3. The van der Waals surface area contributed by atoms with Crippen molar-refractivity contribution in [3.8, 4) is 0 Å². The van der Waals surface area contributed by atoms with Gasteiger partial charge >= 0.3 is 0 Å². The quantitative estimate of drug-likeness (QED) is 0.754. The maximum atomic E-state index is 13.4. The molecule has 3 amide bonds. The van der Waals surface area contributed by atoms with Crippen LogP contribution in [0.3, 0.4) is 0 Å². The Kier molecular flexibility index (Phi) is 8.12. The Morgan fingerprint density at radius 3 is 2.41 bits per heavy atom. The van der Waals surface area contributed by atoms with Gasteiger partial charge in [0.05, 0.1) is 5.56 Å². The van der Waals surface area contributed by atoms with Crippen molar-refractivity contribution < 1.29 is 14.4 Å². The van der Waals surface area contributed by atoms with E-state index in [0.29, 0.717) is 51.1 Å². The summed E-state index contributed by atoms with van der Waals surface area (Å²) >= 11 is 0.